The van der Waals surface area contributed by atoms with Crippen LogP contribution in [0.1, 0.15) is 50.8 Å². The Balaban J connectivity index is 1.88. The number of ketones is 1. The van der Waals surface area contributed by atoms with Crippen LogP contribution < -0.4 is 0 Å². The van der Waals surface area contributed by atoms with Crippen LogP contribution in [0.5, 0.6) is 0 Å². The lowest BCUT2D eigenvalue weighted by molar-refractivity contribution is 0.0289. The molecule has 24 heavy (non-hydrogen) atoms. The van der Waals surface area contributed by atoms with Crippen molar-refractivity contribution in [2.45, 2.75) is 45.8 Å². The van der Waals surface area contributed by atoms with Crippen LogP contribution in [0, 0.1) is 0 Å². The number of carbonyl (C=O) groups is 2. The van der Waals surface area contributed by atoms with E-state index in [1.54, 1.807) is 4.90 Å². The van der Waals surface area contributed by atoms with Gasteiger partial charge in [0, 0.05) is 20.0 Å². The normalized spacial score (nSPS) is 18.2. The minimum atomic E-state index is -0.512. The summed E-state index contributed by atoms with van der Waals surface area (Å²) in [5, 5.41) is 0. The Kier molecular flexibility index (Phi) is 4.07. The van der Waals surface area contributed by atoms with Crippen LogP contribution >= 0.6 is 0 Å². The van der Waals surface area contributed by atoms with E-state index in [1.807, 2.05) is 49.6 Å². The van der Waals surface area contributed by atoms with E-state index in [1.165, 1.54) is 6.92 Å². The Morgan fingerprint density at radius 3 is 2.62 bits per heavy atom. The molecular formula is C18H23N3O3. The number of Topliss-reactive ketones (excluding diaryl/α,β-unsaturated/α-hetero) is 1. The van der Waals surface area contributed by atoms with Crippen molar-refractivity contribution >= 4 is 22.9 Å². The van der Waals surface area contributed by atoms with Crippen molar-refractivity contribution in [3.8, 4) is 0 Å². The summed E-state index contributed by atoms with van der Waals surface area (Å²) in [6, 6.07) is 7.74. The molecule has 1 amide bonds. The van der Waals surface area contributed by atoms with Crippen LogP contribution in [0.4, 0.5) is 4.79 Å². The number of likely N-dealkylation sites (tertiary alicyclic amines) is 1. The molecule has 1 aliphatic rings. The van der Waals surface area contributed by atoms with Gasteiger partial charge in [-0.2, -0.15) is 0 Å². The van der Waals surface area contributed by atoms with E-state index in [0.29, 0.717) is 18.9 Å². The minimum Gasteiger partial charge on any atom is -0.444 e. The monoisotopic (exact) mass is 329 g/mol. The highest BCUT2D eigenvalue weighted by molar-refractivity contribution is 5.94. The number of rotatable bonds is 2. The second-order valence-corrected chi connectivity index (χ2v) is 7.22. The van der Waals surface area contributed by atoms with Crippen LogP contribution in [0.2, 0.25) is 0 Å². The summed E-state index contributed by atoms with van der Waals surface area (Å²) in [5.41, 5.74) is 1.22. The number of hydrogen-bond acceptors (Lipinski definition) is 4. The first kappa shape index (κ1) is 16.5. The highest BCUT2D eigenvalue weighted by atomic mass is 16.6. The highest BCUT2D eigenvalue weighted by Gasteiger charge is 2.33. The van der Waals surface area contributed by atoms with E-state index in [-0.39, 0.29) is 17.9 Å². The van der Waals surface area contributed by atoms with Crippen molar-refractivity contribution in [2.24, 2.45) is 0 Å². The summed E-state index contributed by atoms with van der Waals surface area (Å²) in [6.07, 6.45) is 0.471. The van der Waals surface area contributed by atoms with Crippen LogP contribution in [-0.2, 0) is 4.74 Å². The van der Waals surface area contributed by atoms with E-state index < -0.39 is 5.60 Å². The topological polar surface area (TPSA) is 64.4 Å². The van der Waals surface area contributed by atoms with Crippen molar-refractivity contribution in [3.05, 3.63) is 30.1 Å². The number of aromatic nitrogens is 2. The van der Waals surface area contributed by atoms with Crippen molar-refractivity contribution in [1.29, 1.82) is 0 Å². The third-order valence-corrected chi connectivity index (χ3v) is 4.09. The van der Waals surface area contributed by atoms with Crippen LogP contribution in [0.3, 0.4) is 0 Å². The van der Waals surface area contributed by atoms with Gasteiger partial charge in [-0.05, 0) is 39.3 Å². The predicted octanol–water partition coefficient (Wildman–Crippen LogP) is 3.42. The smallest absolute Gasteiger partial charge is 0.410 e. The summed E-state index contributed by atoms with van der Waals surface area (Å²) in [4.78, 5) is 30.4. The van der Waals surface area contributed by atoms with Gasteiger partial charge >= 0.3 is 6.09 Å². The summed E-state index contributed by atoms with van der Waals surface area (Å²) >= 11 is 0. The Bertz CT molecular complexity index is 788. The number of hydrogen-bond donors (Lipinski definition) is 0. The molecule has 1 aliphatic heterocycles. The average Bonchev–Trinajstić information content (AvgIpc) is 3.09. The fraction of sp³-hybridized carbons (Fsp3) is 0.500. The standard InChI is InChI=1S/C18H23N3O3/c1-12(22)16-19-14-7-5-6-8-15(14)21(16)13-9-10-20(11-13)17(23)24-18(2,3)4/h5-8,13H,9-11H2,1-4H3/t13-/m1/s1. The number of fused-ring (bicyclic) bond motifs is 1. The molecule has 0 bridgehead atoms. The zero-order chi connectivity index (χ0) is 17.5. The van der Waals surface area contributed by atoms with Crippen molar-refractivity contribution in [1.82, 2.24) is 14.5 Å². The summed E-state index contributed by atoms with van der Waals surface area (Å²) in [6.45, 7) is 8.23. The van der Waals surface area contributed by atoms with E-state index in [9.17, 15) is 9.59 Å². The van der Waals surface area contributed by atoms with E-state index in [0.717, 1.165) is 17.5 Å². The molecule has 6 heteroatoms. The van der Waals surface area contributed by atoms with Gasteiger partial charge in [-0.3, -0.25) is 4.79 Å². The Morgan fingerprint density at radius 2 is 1.96 bits per heavy atom. The van der Waals surface area contributed by atoms with Gasteiger partial charge in [0.1, 0.15) is 5.60 Å². The van der Waals surface area contributed by atoms with Crippen molar-refractivity contribution in [2.75, 3.05) is 13.1 Å². The maximum atomic E-state index is 12.3. The van der Waals surface area contributed by atoms with Crippen LogP contribution in [-0.4, -0.2) is 45.0 Å². The Morgan fingerprint density at radius 1 is 1.25 bits per heavy atom. The molecule has 0 unspecified atom stereocenters. The maximum absolute atomic E-state index is 12.3. The molecule has 1 saturated heterocycles. The van der Waals surface area contributed by atoms with Gasteiger partial charge in [-0.25, -0.2) is 9.78 Å². The first-order chi connectivity index (χ1) is 11.3. The predicted molar refractivity (Wildman–Crippen MR) is 91.2 cm³/mol. The molecule has 0 N–H and O–H groups in total. The minimum absolute atomic E-state index is 0.0313. The molecule has 0 aliphatic carbocycles. The molecule has 3 rings (SSSR count). The number of nitrogens with zero attached hydrogens (tertiary/aromatic N) is 3. The van der Waals surface area contributed by atoms with Gasteiger partial charge in [0.05, 0.1) is 17.1 Å². The molecule has 1 atom stereocenters. The van der Waals surface area contributed by atoms with Gasteiger partial charge in [-0.1, -0.05) is 12.1 Å². The SMILES string of the molecule is CC(=O)c1nc2ccccc2n1[C@@H]1CCN(C(=O)OC(C)(C)C)C1. The largest absolute Gasteiger partial charge is 0.444 e. The fourth-order valence-electron chi connectivity index (χ4n) is 3.11. The fourth-order valence-corrected chi connectivity index (χ4v) is 3.11. The number of ether oxygens (including phenoxy) is 1. The molecule has 1 aromatic heterocycles. The molecule has 0 saturated carbocycles. The number of para-hydroxylation sites is 2. The lowest BCUT2D eigenvalue weighted by atomic mass is 10.2. The quantitative estimate of drug-likeness (QED) is 0.792. The van der Waals surface area contributed by atoms with Gasteiger partial charge in [0.25, 0.3) is 0 Å². The molecular weight excluding hydrogens is 306 g/mol. The number of benzene rings is 1. The van der Waals surface area contributed by atoms with Crippen LogP contribution in [0.15, 0.2) is 24.3 Å². The summed E-state index contributed by atoms with van der Waals surface area (Å²) < 4.78 is 7.42. The molecule has 128 valence electrons. The third-order valence-electron chi connectivity index (χ3n) is 4.09. The second kappa shape index (κ2) is 5.92. The molecule has 6 nitrogen and oxygen atoms in total. The number of imidazole rings is 1. The summed E-state index contributed by atoms with van der Waals surface area (Å²) in [7, 11) is 0. The lowest BCUT2D eigenvalue weighted by Crippen LogP contribution is -2.35. The summed E-state index contributed by atoms with van der Waals surface area (Å²) in [5.74, 6) is 0.383. The second-order valence-electron chi connectivity index (χ2n) is 7.22. The number of carbonyl (C=O) groups excluding carboxylic acids is 2. The van der Waals surface area contributed by atoms with Gasteiger partial charge in [0.2, 0.25) is 0 Å². The average molecular weight is 329 g/mol. The Hall–Kier alpha value is -2.37. The Labute approximate surface area is 141 Å². The van der Waals surface area contributed by atoms with Crippen molar-refractivity contribution in [3.63, 3.8) is 0 Å². The van der Waals surface area contributed by atoms with E-state index in [4.69, 9.17) is 4.74 Å². The zero-order valence-electron chi connectivity index (χ0n) is 14.6. The number of amides is 1. The van der Waals surface area contributed by atoms with Crippen LogP contribution in [0.25, 0.3) is 11.0 Å². The van der Waals surface area contributed by atoms with Gasteiger partial charge in [0.15, 0.2) is 11.6 Å². The van der Waals surface area contributed by atoms with E-state index >= 15 is 0 Å². The molecule has 0 radical (unpaired) electrons. The molecule has 1 aromatic carbocycles. The highest BCUT2D eigenvalue weighted by Crippen LogP contribution is 2.29. The first-order valence-electron chi connectivity index (χ1n) is 8.22. The van der Waals surface area contributed by atoms with Gasteiger partial charge in [-0.15, -0.1) is 0 Å². The van der Waals surface area contributed by atoms with Gasteiger partial charge < -0.3 is 14.2 Å². The molecule has 2 aromatic rings. The van der Waals surface area contributed by atoms with Crippen molar-refractivity contribution < 1.29 is 14.3 Å². The molecule has 1 fully saturated rings. The lowest BCUT2D eigenvalue weighted by Gasteiger charge is -2.24. The first-order valence-corrected chi connectivity index (χ1v) is 8.22. The molecule has 0 spiro atoms. The van der Waals surface area contributed by atoms with E-state index in [2.05, 4.69) is 4.98 Å². The maximum Gasteiger partial charge on any atom is 0.410 e. The molecule has 2 heterocycles. The zero-order valence-corrected chi connectivity index (χ0v) is 14.6. The third kappa shape index (κ3) is 3.13.